The lowest BCUT2D eigenvalue weighted by Gasteiger charge is -2.23. The van der Waals surface area contributed by atoms with Gasteiger partial charge in [0.1, 0.15) is 15.5 Å². The fourth-order valence-corrected chi connectivity index (χ4v) is 10.7. The molecule has 5 aromatic carbocycles. The van der Waals surface area contributed by atoms with Crippen molar-refractivity contribution in [2.24, 2.45) is 0 Å². The summed E-state index contributed by atoms with van der Waals surface area (Å²) in [5.74, 6) is -2.67. The molecule has 0 spiro atoms. The highest BCUT2D eigenvalue weighted by molar-refractivity contribution is 7.91. The Kier molecular flexibility index (Phi) is 18.1. The number of nitrogens with two attached hydrogens (primary N) is 3. The highest BCUT2D eigenvalue weighted by atomic mass is 32.3. The Bertz CT molecular complexity index is 3800. The monoisotopic (exact) mass is 1170 g/mol. The van der Waals surface area contributed by atoms with Gasteiger partial charge in [-0.25, -0.2) is 16.8 Å². The Hall–Kier alpha value is -6.46. The third kappa shape index (κ3) is 16.8. The van der Waals surface area contributed by atoms with E-state index in [1.165, 1.54) is 41.3 Å². The standard InChI is InChI=1S/C27H31N7O14S5.C10H10N2O7S2/c28-23-11-8-20(18-24(23)51(38,39)40)30-26-31-25(29-19-6-9-22(10-7-19)49(35)15-13-47-52(41,42)43)32-27(33-26)34(21-4-2-1-3-5-21)12-16-50(36,37)17-14-48-53(44,45)46;11-9-7(21(17,18)19)2-4-1-5(20(14,15)16)3-6(13)8(4)10(9)12/h1-11,18H,12-17,28H2,(H,38,39,40)(H,41,42,43)(H,44,45,46)(H2,29,30,31,32,33);1-3,13H,11-12H2,(H,14,15,16)(H,17,18,19). The molecule has 6 rings (SSSR count). The summed E-state index contributed by atoms with van der Waals surface area (Å²) in [6.45, 7) is -1.66. The second kappa shape index (κ2) is 23.0. The maximum Gasteiger partial charge on any atom is 0.397 e. The molecule has 402 valence electrons. The van der Waals surface area contributed by atoms with Crippen molar-refractivity contribution >= 4 is 135 Å². The number of anilines is 9. The van der Waals surface area contributed by atoms with Crippen LogP contribution in [0.15, 0.2) is 111 Å². The number of hydrogen-bond donors (Lipinski definition) is 11. The smallest absolute Gasteiger partial charge is 0.397 e. The summed E-state index contributed by atoms with van der Waals surface area (Å²) in [5.41, 5.74) is 16.5. The van der Waals surface area contributed by atoms with Crippen molar-refractivity contribution in [2.75, 3.05) is 69.8 Å². The van der Waals surface area contributed by atoms with Crippen molar-refractivity contribution in [1.82, 2.24) is 15.0 Å². The molecule has 0 aliphatic heterocycles. The molecule has 0 saturated carbocycles. The SMILES string of the molecule is Nc1c(S(=O)(=O)O)cc2cc(S(=O)(=O)O)cc(O)c2c1N.Nc1ccc(Nc2nc(Nc3ccc(S(=O)CCOS(=O)(=O)O)cc3)nc(N(CCS(=O)(=O)CCOS(=O)(=O)O)c3ccccc3)n2)cc1S(=O)(=O)O. The number of nitrogen functional groups attached to an aromatic ring is 3. The molecule has 1 heterocycles. The molecule has 37 heteroatoms. The quantitative estimate of drug-likeness (QED) is 0.0361. The van der Waals surface area contributed by atoms with Gasteiger partial charge in [0.15, 0.2) is 9.84 Å². The van der Waals surface area contributed by atoms with Crippen molar-refractivity contribution in [2.45, 2.75) is 19.6 Å². The van der Waals surface area contributed by atoms with Gasteiger partial charge in [0, 0.05) is 40.0 Å². The minimum Gasteiger partial charge on any atom is -0.507 e. The molecule has 1 aromatic heterocycles. The molecule has 0 saturated heterocycles. The summed E-state index contributed by atoms with van der Waals surface area (Å²) >= 11 is 0. The van der Waals surface area contributed by atoms with Crippen LogP contribution in [0.2, 0.25) is 0 Å². The maximum atomic E-state index is 12.8. The van der Waals surface area contributed by atoms with Gasteiger partial charge in [-0.15, -0.1) is 0 Å². The van der Waals surface area contributed by atoms with Gasteiger partial charge in [0.05, 0.1) is 63.2 Å². The number of sulfone groups is 1. The second-order valence-corrected chi connectivity index (χ2v) is 24.9. The summed E-state index contributed by atoms with van der Waals surface area (Å²) < 4.78 is 203. The van der Waals surface area contributed by atoms with Crippen LogP contribution in [-0.2, 0) is 80.2 Å². The predicted octanol–water partition coefficient (Wildman–Crippen LogP) is 1.69. The van der Waals surface area contributed by atoms with Crippen molar-refractivity contribution in [3.63, 3.8) is 0 Å². The fraction of sp³-hybridized carbons (Fsp3) is 0.162. The number of hydrogen-bond acceptors (Lipinski definition) is 25. The zero-order valence-electron chi connectivity index (χ0n) is 37.1. The Morgan fingerprint density at radius 1 is 0.595 bits per heavy atom. The van der Waals surface area contributed by atoms with Gasteiger partial charge >= 0.3 is 20.8 Å². The van der Waals surface area contributed by atoms with Crippen LogP contribution < -0.4 is 32.7 Å². The van der Waals surface area contributed by atoms with Crippen molar-refractivity contribution in [3.05, 3.63) is 91.0 Å². The van der Waals surface area contributed by atoms with Gasteiger partial charge in [-0.3, -0.25) is 27.0 Å². The van der Waals surface area contributed by atoms with Gasteiger partial charge < -0.3 is 37.8 Å². The number of phenolic OH excluding ortho intramolecular Hbond substituents is 1. The van der Waals surface area contributed by atoms with Crippen LogP contribution in [-0.4, -0.2) is 135 Å². The number of phenols is 1. The second-order valence-electron chi connectivity index (χ2n) is 14.7. The molecule has 1 atom stereocenters. The average molecular weight is 1170 g/mol. The Labute approximate surface area is 424 Å². The van der Waals surface area contributed by atoms with E-state index in [1.54, 1.807) is 30.3 Å². The third-order valence-corrected chi connectivity index (χ3v) is 15.9. The highest BCUT2D eigenvalue weighted by Gasteiger charge is 2.24. The normalized spacial score (nSPS) is 12.9. The number of nitrogens with zero attached hydrogens (tertiary/aromatic N) is 4. The largest absolute Gasteiger partial charge is 0.507 e. The lowest BCUT2D eigenvalue weighted by molar-refractivity contribution is 0.282. The van der Waals surface area contributed by atoms with Crippen LogP contribution in [0.5, 0.6) is 5.75 Å². The minimum atomic E-state index is -4.87. The predicted molar refractivity (Wildman–Crippen MR) is 266 cm³/mol. The zero-order valence-corrected chi connectivity index (χ0v) is 42.8. The number of para-hydroxylation sites is 1. The van der Waals surface area contributed by atoms with E-state index in [0.717, 1.165) is 24.3 Å². The topological polar surface area (TPSA) is 506 Å². The summed E-state index contributed by atoms with van der Waals surface area (Å²) in [6.07, 6.45) is 0. The molecule has 1 unspecified atom stereocenters. The summed E-state index contributed by atoms with van der Waals surface area (Å²) in [7, 11) is -29.4. The first kappa shape index (κ1) is 58.4. The third-order valence-electron chi connectivity index (χ3n) is 9.42. The Morgan fingerprint density at radius 2 is 1.15 bits per heavy atom. The summed E-state index contributed by atoms with van der Waals surface area (Å²) in [6, 6.07) is 20.2. The van der Waals surface area contributed by atoms with Crippen LogP contribution >= 0.6 is 0 Å². The molecule has 0 bridgehead atoms. The van der Waals surface area contributed by atoms with Crippen LogP contribution in [0.25, 0.3) is 10.8 Å². The number of aromatic hydroxyl groups is 1. The van der Waals surface area contributed by atoms with E-state index in [9.17, 15) is 64.4 Å². The van der Waals surface area contributed by atoms with Crippen LogP contribution in [0.4, 0.5) is 52.0 Å². The van der Waals surface area contributed by atoms with Gasteiger partial charge in [-0.05, 0) is 72.1 Å². The maximum absolute atomic E-state index is 12.8. The summed E-state index contributed by atoms with van der Waals surface area (Å²) in [5, 5.41) is 15.3. The number of fused-ring (bicyclic) bond motifs is 1. The molecule has 0 fully saturated rings. The molecular formula is C37H41N9O21S7. The van der Waals surface area contributed by atoms with Gasteiger partial charge in [-0.2, -0.15) is 57.0 Å². The fourth-order valence-electron chi connectivity index (χ4n) is 6.14. The average Bonchev–Trinajstić information content (AvgIpc) is 3.27. The molecule has 6 aromatic rings. The Morgan fingerprint density at radius 3 is 1.70 bits per heavy atom. The van der Waals surface area contributed by atoms with E-state index < -0.39 is 123 Å². The molecule has 30 nitrogen and oxygen atoms in total. The lowest BCUT2D eigenvalue weighted by atomic mass is 10.1. The van der Waals surface area contributed by atoms with Gasteiger partial charge in [-0.1, -0.05) is 18.2 Å². The zero-order chi connectivity index (χ0) is 55.2. The number of nitrogens with one attached hydrogen (secondary N) is 2. The van der Waals surface area contributed by atoms with Crippen LogP contribution in [0.1, 0.15) is 0 Å². The molecule has 14 N–H and O–H groups in total. The molecule has 0 aliphatic rings. The van der Waals surface area contributed by atoms with Gasteiger partial charge in [0.2, 0.25) is 17.8 Å². The first-order chi connectivity index (χ1) is 34.1. The lowest BCUT2D eigenvalue weighted by Crippen LogP contribution is -2.29. The first-order valence-corrected chi connectivity index (χ1v) is 30.0. The van der Waals surface area contributed by atoms with E-state index in [1.807, 2.05) is 0 Å². The van der Waals surface area contributed by atoms with Crippen molar-refractivity contribution in [1.29, 1.82) is 0 Å². The number of rotatable bonds is 21. The minimum absolute atomic E-state index is 0.0624. The van der Waals surface area contributed by atoms with E-state index in [4.69, 9.17) is 35.4 Å². The molecule has 0 radical (unpaired) electrons. The van der Waals surface area contributed by atoms with E-state index in [2.05, 4.69) is 34.0 Å². The van der Waals surface area contributed by atoms with E-state index >= 15 is 0 Å². The molecule has 74 heavy (non-hydrogen) atoms. The van der Waals surface area contributed by atoms with E-state index in [0.29, 0.717) is 11.4 Å². The van der Waals surface area contributed by atoms with Crippen LogP contribution in [0.3, 0.4) is 0 Å². The van der Waals surface area contributed by atoms with Crippen molar-refractivity contribution < 1.29 is 91.0 Å². The number of benzene rings is 5. The Balaban J connectivity index is 0.000000401. The molecule has 0 amide bonds. The molecular weight excluding hydrogens is 1130 g/mol. The van der Waals surface area contributed by atoms with Gasteiger partial charge in [0.25, 0.3) is 30.4 Å². The first-order valence-electron chi connectivity index (χ1n) is 19.8. The summed E-state index contributed by atoms with van der Waals surface area (Å²) in [4.78, 5) is 12.8. The van der Waals surface area contributed by atoms with E-state index in [-0.39, 0.29) is 62.9 Å². The van der Waals surface area contributed by atoms with Crippen LogP contribution in [0, 0.1) is 0 Å². The number of aromatic nitrogens is 3. The highest BCUT2D eigenvalue weighted by Crippen LogP contribution is 2.39. The molecule has 0 aliphatic carbocycles. The van der Waals surface area contributed by atoms with Crippen molar-refractivity contribution in [3.8, 4) is 5.75 Å².